The van der Waals surface area contributed by atoms with Crippen LogP contribution in [-0.4, -0.2) is 34.2 Å². The second kappa shape index (κ2) is 7.58. The monoisotopic (exact) mass is 354 g/mol. The van der Waals surface area contributed by atoms with E-state index in [2.05, 4.69) is 10.0 Å². The van der Waals surface area contributed by atoms with E-state index in [4.69, 9.17) is 4.74 Å². The van der Waals surface area contributed by atoms with Crippen molar-refractivity contribution >= 4 is 33.0 Å². The van der Waals surface area contributed by atoms with E-state index in [0.29, 0.717) is 29.3 Å². The van der Waals surface area contributed by atoms with Crippen LogP contribution in [-0.2, 0) is 16.4 Å². The van der Waals surface area contributed by atoms with Crippen molar-refractivity contribution in [1.29, 1.82) is 0 Å². The first kappa shape index (κ1) is 17.5. The van der Waals surface area contributed by atoms with E-state index >= 15 is 0 Å². The number of nitrogens with one attached hydrogen (secondary N) is 2. The molecule has 0 spiro atoms. The van der Waals surface area contributed by atoms with Gasteiger partial charge in [-0.2, -0.15) is 0 Å². The molecule has 0 saturated carbocycles. The molecular formula is C15H18N2O4S2. The van der Waals surface area contributed by atoms with Gasteiger partial charge in [-0.1, -0.05) is 12.1 Å². The van der Waals surface area contributed by atoms with Crippen LogP contribution in [0.3, 0.4) is 0 Å². The number of ether oxygens (including phenoxy) is 1. The van der Waals surface area contributed by atoms with Crippen LogP contribution in [0.2, 0.25) is 0 Å². The van der Waals surface area contributed by atoms with E-state index in [-0.39, 0.29) is 5.91 Å². The number of benzene rings is 1. The number of amides is 1. The van der Waals surface area contributed by atoms with Gasteiger partial charge in [0.1, 0.15) is 5.75 Å². The Morgan fingerprint density at radius 1 is 1.22 bits per heavy atom. The number of thiophene rings is 1. The predicted octanol–water partition coefficient (Wildman–Crippen LogP) is 2.10. The van der Waals surface area contributed by atoms with Gasteiger partial charge < -0.3 is 10.1 Å². The Morgan fingerprint density at radius 3 is 2.65 bits per heavy atom. The molecule has 2 N–H and O–H groups in total. The molecule has 8 heteroatoms. The third-order valence-corrected chi connectivity index (χ3v) is 4.85. The lowest BCUT2D eigenvalue weighted by atomic mass is 10.3. The maximum Gasteiger partial charge on any atom is 0.265 e. The largest absolute Gasteiger partial charge is 0.495 e. The van der Waals surface area contributed by atoms with Gasteiger partial charge in [-0.25, -0.2) is 13.1 Å². The van der Waals surface area contributed by atoms with Crippen LogP contribution in [0.5, 0.6) is 5.75 Å². The highest BCUT2D eigenvalue weighted by molar-refractivity contribution is 7.88. The van der Waals surface area contributed by atoms with Gasteiger partial charge in [0.25, 0.3) is 5.91 Å². The lowest BCUT2D eigenvalue weighted by Gasteiger charge is -2.08. The fourth-order valence-electron chi connectivity index (χ4n) is 1.93. The second-order valence-electron chi connectivity index (χ2n) is 4.84. The van der Waals surface area contributed by atoms with Crippen LogP contribution in [0.1, 0.15) is 14.5 Å². The van der Waals surface area contributed by atoms with Crippen molar-refractivity contribution in [3.05, 3.63) is 46.2 Å². The van der Waals surface area contributed by atoms with E-state index in [0.717, 1.165) is 11.1 Å². The Labute approximate surface area is 139 Å². The molecule has 2 aromatic rings. The molecule has 0 radical (unpaired) electrons. The molecule has 0 atom stereocenters. The third-order valence-electron chi connectivity index (χ3n) is 2.98. The summed E-state index contributed by atoms with van der Waals surface area (Å²) in [6.07, 6.45) is 1.66. The van der Waals surface area contributed by atoms with E-state index in [1.165, 1.54) is 11.3 Å². The van der Waals surface area contributed by atoms with Crippen molar-refractivity contribution in [2.75, 3.05) is 25.2 Å². The number of para-hydroxylation sites is 2. The topological polar surface area (TPSA) is 84.5 Å². The summed E-state index contributed by atoms with van der Waals surface area (Å²) in [5.41, 5.74) is 0.605. The van der Waals surface area contributed by atoms with Crippen LogP contribution in [0.25, 0.3) is 0 Å². The molecular weight excluding hydrogens is 336 g/mol. The molecule has 1 aromatic carbocycles. The van der Waals surface area contributed by atoms with Crippen LogP contribution in [0, 0.1) is 0 Å². The maximum atomic E-state index is 12.3. The maximum absolute atomic E-state index is 12.3. The molecule has 1 heterocycles. The zero-order valence-corrected chi connectivity index (χ0v) is 14.5. The Bertz CT molecular complexity index is 784. The smallest absolute Gasteiger partial charge is 0.265 e. The summed E-state index contributed by atoms with van der Waals surface area (Å²) in [7, 11) is -1.65. The number of anilines is 1. The Hall–Kier alpha value is -1.90. The summed E-state index contributed by atoms with van der Waals surface area (Å²) in [5, 5.41) is 2.81. The second-order valence-corrected chi connectivity index (χ2v) is 7.84. The number of hydrogen-bond acceptors (Lipinski definition) is 5. The van der Waals surface area contributed by atoms with Crippen molar-refractivity contribution in [1.82, 2.24) is 4.72 Å². The Morgan fingerprint density at radius 2 is 1.96 bits per heavy atom. The molecule has 23 heavy (non-hydrogen) atoms. The first-order valence-corrected chi connectivity index (χ1v) is 9.57. The lowest BCUT2D eigenvalue weighted by Crippen LogP contribution is -2.24. The van der Waals surface area contributed by atoms with Crippen molar-refractivity contribution in [3.8, 4) is 5.75 Å². The molecule has 0 fully saturated rings. The van der Waals surface area contributed by atoms with E-state index < -0.39 is 10.0 Å². The Kier molecular flexibility index (Phi) is 5.75. The summed E-state index contributed by atoms with van der Waals surface area (Å²) < 4.78 is 29.7. The zero-order chi connectivity index (χ0) is 16.9. The van der Waals surface area contributed by atoms with Crippen molar-refractivity contribution in [3.63, 3.8) is 0 Å². The van der Waals surface area contributed by atoms with E-state index in [1.807, 2.05) is 18.2 Å². The van der Waals surface area contributed by atoms with E-state index in [1.54, 1.807) is 25.3 Å². The van der Waals surface area contributed by atoms with Crippen LogP contribution < -0.4 is 14.8 Å². The third kappa shape index (κ3) is 5.34. The molecule has 0 aliphatic heterocycles. The molecule has 1 amide bonds. The SMILES string of the molecule is COc1ccccc1NC(=O)c1ccc(CCNS(C)(=O)=O)s1. The number of hydrogen-bond donors (Lipinski definition) is 2. The van der Waals surface area contributed by atoms with Crippen LogP contribution in [0.15, 0.2) is 36.4 Å². The predicted molar refractivity (Wildman–Crippen MR) is 91.8 cm³/mol. The van der Waals surface area contributed by atoms with Gasteiger partial charge in [-0.05, 0) is 30.7 Å². The highest BCUT2D eigenvalue weighted by atomic mass is 32.2. The minimum Gasteiger partial charge on any atom is -0.495 e. The first-order chi connectivity index (χ1) is 10.9. The van der Waals surface area contributed by atoms with Crippen molar-refractivity contribution in [2.24, 2.45) is 0 Å². The van der Waals surface area contributed by atoms with Crippen LogP contribution in [0.4, 0.5) is 5.69 Å². The standard InChI is InChI=1S/C15H18N2O4S2/c1-21-13-6-4-3-5-12(13)17-15(18)14-8-7-11(22-14)9-10-16-23(2,19)20/h3-8,16H,9-10H2,1-2H3,(H,17,18). The van der Waals surface area contributed by atoms with Gasteiger partial charge in [-0.15, -0.1) is 11.3 Å². The van der Waals surface area contributed by atoms with Crippen molar-refractivity contribution < 1.29 is 17.9 Å². The highest BCUT2D eigenvalue weighted by Crippen LogP contribution is 2.25. The fraction of sp³-hybridized carbons (Fsp3) is 0.267. The highest BCUT2D eigenvalue weighted by Gasteiger charge is 2.12. The van der Waals surface area contributed by atoms with Gasteiger partial charge in [-0.3, -0.25) is 4.79 Å². The molecule has 124 valence electrons. The average molecular weight is 354 g/mol. The lowest BCUT2D eigenvalue weighted by molar-refractivity contribution is 0.103. The van der Waals surface area contributed by atoms with Crippen molar-refractivity contribution in [2.45, 2.75) is 6.42 Å². The summed E-state index contributed by atoms with van der Waals surface area (Å²) >= 11 is 1.34. The number of sulfonamides is 1. The fourth-order valence-corrected chi connectivity index (χ4v) is 3.30. The Balaban J connectivity index is 1.98. The molecule has 0 saturated heterocycles. The molecule has 0 aliphatic rings. The normalized spacial score (nSPS) is 11.2. The minimum atomic E-state index is -3.19. The number of carbonyl (C=O) groups is 1. The molecule has 0 unspecified atom stereocenters. The molecule has 0 bridgehead atoms. The van der Waals surface area contributed by atoms with Gasteiger partial charge in [0.15, 0.2) is 0 Å². The quantitative estimate of drug-likeness (QED) is 0.797. The number of carbonyl (C=O) groups excluding carboxylic acids is 1. The van der Waals surface area contributed by atoms with Crippen LogP contribution >= 0.6 is 11.3 Å². The summed E-state index contributed by atoms with van der Waals surface area (Å²) in [6.45, 7) is 0.312. The molecule has 6 nitrogen and oxygen atoms in total. The number of rotatable bonds is 7. The minimum absolute atomic E-state index is 0.221. The molecule has 2 rings (SSSR count). The van der Waals surface area contributed by atoms with Gasteiger partial charge in [0.05, 0.1) is 23.9 Å². The summed E-state index contributed by atoms with van der Waals surface area (Å²) in [5.74, 6) is 0.372. The number of methoxy groups -OCH3 is 1. The summed E-state index contributed by atoms with van der Waals surface area (Å²) in [6, 6.07) is 10.7. The average Bonchev–Trinajstić information content (AvgIpc) is 2.95. The zero-order valence-electron chi connectivity index (χ0n) is 12.8. The van der Waals surface area contributed by atoms with Gasteiger partial charge in [0.2, 0.25) is 10.0 Å². The van der Waals surface area contributed by atoms with E-state index in [9.17, 15) is 13.2 Å². The molecule has 0 aliphatic carbocycles. The van der Waals surface area contributed by atoms with Gasteiger partial charge in [0, 0.05) is 11.4 Å². The molecule has 1 aromatic heterocycles. The summed E-state index contributed by atoms with van der Waals surface area (Å²) in [4.78, 5) is 13.8. The first-order valence-electron chi connectivity index (χ1n) is 6.87. The van der Waals surface area contributed by atoms with Gasteiger partial charge >= 0.3 is 0 Å².